The van der Waals surface area contributed by atoms with E-state index in [-0.39, 0.29) is 12.6 Å². The van der Waals surface area contributed by atoms with E-state index in [4.69, 9.17) is 9.47 Å². The van der Waals surface area contributed by atoms with E-state index in [0.29, 0.717) is 17.6 Å². The third-order valence-corrected chi connectivity index (χ3v) is 6.84. The first-order valence-electron chi connectivity index (χ1n) is 14.7. The molecule has 206 valence electrons. The van der Waals surface area contributed by atoms with Gasteiger partial charge in [-0.3, -0.25) is 0 Å². The Balaban J connectivity index is 1.51. The number of ether oxygens (including phenoxy) is 2. The van der Waals surface area contributed by atoms with E-state index in [1.807, 2.05) is 38.4 Å². The molecule has 0 bridgehead atoms. The lowest BCUT2D eigenvalue weighted by atomic mass is 10.0. The molecule has 0 radical (unpaired) electrons. The number of benzene rings is 2. The van der Waals surface area contributed by atoms with Crippen molar-refractivity contribution in [2.75, 3.05) is 33.9 Å². The first kappa shape index (κ1) is 30.9. The Bertz CT molecular complexity index is 850. The van der Waals surface area contributed by atoms with Crippen molar-refractivity contribution in [3.63, 3.8) is 0 Å². The van der Waals surface area contributed by atoms with Gasteiger partial charge in [-0.2, -0.15) is 0 Å². The van der Waals surface area contributed by atoms with Crippen LogP contribution in [0.2, 0.25) is 0 Å². The topological polar surface area (TPSA) is 35.5 Å². The molecule has 0 aliphatic carbocycles. The number of hydrogen-bond donors (Lipinski definition) is 0. The molecule has 0 atom stereocenters. The number of likely N-dealkylation sites (N-methyl/N-ethyl adjacent to an activating group) is 1. The van der Waals surface area contributed by atoms with E-state index in [1.165, 1.54) is 88.2 Å². The average molecular weight is 511 g/mol. The normalized spacial score (nSPS) is 11.4. The Morgan fingerprint density at radius 2 is 1.30 bits per heavy atom. The Morgan fingerprint density at radius 1 is 0.703 bits per heavy atom. The Hall–Kier alpha value is -2.33. The van der Waals surface area contributed by atoms with Crippen LogP contribution in [0.1, 0.15) is 95.1 Å². The molecule has 37 heavy (non-hydrogen) atoms. The zero-order valence-electron chi connectivity index (χ0n) is 23.9. The van der Waals surface area contributed by atoms with Gasteiger partial charge < -0.3 is 14.0 Å². The van der Waals surface area contributed by atoms with Crippen LogP contribution in [0.25, 0.3) is 0 Å². The van der Waals surface area contributed by atoms with Crippen LogP contribution in [-0.4, -0.2) is 44.3 Å². The SMILES string of the molecule is CCCCCCCCCCCCCCc1cccc(OCCOC(=O)C[N+](C)(C)Cc2ccccc2)c1. The smallest absolute Gasteiger partial charge is 0.361 e. The lowest BCUT2D eigenvalue weighted by Crippen LogP contribution is -2.43. The first-order valence-corrected chi connectivity index (χ1v) is 14.7. The van der Waals surface area contributed by atoms with Gasteiger partial charge >= 0.3 is 5.97 Å². The van der Waals surface area contributed by atoms with Gasteiger partial charge in [-0.05, 0) is 30.5 Å². The Kier molecular flexibility index (Phi) is 15.7. The summed E-state index contributed by atoms with van der Waals surface area (Å²) in [6.07, 6.45) is 17.6. The van der Waals surface area contributed by atoms with Crippen molar-refractivity contribution in [3.05, 3.63) is 65.7 Å². The summed E-state index contributed by atoms with van der Waals surface area (Å²) in [4.78, 5) is 12.3. The van der Waals surface area contributed by atoms with Crippen molar-refractivity contribution in [3.8, 4) is 5.75 Å². The molecule has 0 saturated carbocycles. The number of unbranched alkanes of at least 4 members (excludes halogenated alkanes) is 11. The minimum atomic E-state index is -0.190. The van der Waals surface area contributed by atoms with Gasteiger partial charge in [0.25, 0.3) is 0 Å². The molecule has 0 aliphatic rings. The third kappa shape index (κ3) is 15.5. The lowest BCUT2D eigenvalue weighted by molar-refractivity contribution is -0.896. The van der Waals surface area contributed by atoms with Crippen LogP contribution < -0.4 is 4.74 Å². The highest BCUT2D eigenvalue weighted by atomic mass is 16.6. The van der Waals surface area contributed by atoms with Crippen LogP contribution in [-0.2, 0) is 22.5 Å². The van der Waals surface area contributed by atoms with Gasteiger partial charge in [-0.25, -0.2) is 4.79 Å². The molecule has 4 heteroatoms. The molecule has 2 aromatic carbocycles. The minimum absolute atomic E-state index is 0.190. The zero-order valence-corrected chi connectivity index (χ0v) is 23.9. The fraction of sp³-hybridized carbons (Fsp3) is 0.606. The van der Waals surface area contributed by atoms with Gasteiger partial charge in [-0.1, -0.05) is 120 Å². The fourth-order valence-corrected chi connectivity index (χ4v) is 4.80. The molecule has 0 amide bonds. The lowest BCUT2D eigenvalue weighted by Gasteiger charge is -2.28. The molecule has 0 unspecified atom stereocenters. The maximum Gasteiger partial charge on any atom is 0.361 e. The Morgan fingerprint density at radius 3 is 1.95 bits per heavy atom. The van der Waals surface area contributed by atoms with E-state index >= 15 is 0 Å². The van der Waals surface area contributed by atoms with Crippen molar-refractivity contribution in [1.82, 2.24) is 0 Å². The second-order valence-corrected chi connectivity index (χ2v) is 11.1. The number of carbonyl (C=O) groups is 1. The van der Waals surface area contributed by atoms with E-state index in [0.717, 1.165) is 18.7 Å². The van der Waals surface area contributed by atoms with Crippen LogP contribution in [0.5, 0.6) is 5.75 Å². The molecule has 2 aromatic rings. The quantitative estimate of drug-likeness (QED) is 0.0966. The van der Waals surface area contributed by atoms with E-state index in [2.05, 4.69) is 37.3 Å². The van der Waals surface area contributed by atoms with Gasteiger partial charge in [-0.15, -0.1) is 0 Å². The number of quaternary nitrogens is 1. The van der Waals surface area contributed by atoms with E-state index < -0.39 is 0 Å². The monoisotopic (exact) mass is 510 g/mol. The largest absolute Gasteiger partial charge is 0.490 e. The minimum Gasteiger partial charge on any atom is -0.490 e. The number of hydrogen-bond acceptors (Lipinski definition) is 3. The summed E-state index contributed by atoms with van der Waals surface area (Å²) in [5.41, 5.74) is 2.54. The van der Waals surface area contributed by atoms with Crippen LogP contribution in [0.3, 0.4) is 0 Å². The molecular weight excluding hydrogens is 458 g/mol. The van der Waals surface area contributed by atoms with Crippen molar-refractivity contribution in [1.29, 1.82) is 0 Å². The van der Waals surface area contributed by atoms with Crippen molar-refractivity contribution in [2.24, 2.45) is 0 Å². The van der Waals surface area contributed by atoms with Crippen molar-refractivity contribution in [2.45, 2.75) is 96.9 Å². The maximum atomic E-state index is 12.3. The summed E-state index contributed by atoms with van der Waals surface area (Å²) in [6.45, 7) is 4.05. The Labute approximate surface area is 227 Å². The van der Waals surface area contributed by atoms with Crippen LogP contribution in [0, 0.1) is 0 Å². The molecule has 2 rings (SSSR count). The standard InChI is InChI=1S/C33H52NO3/c1-4-5-6-7-8-9-10-11-12-13-14-16-20-30-23-19-24-32(27-30)36-25-26-37-33(35)29-34(2,3)28-31-21-17-15-18-22-31/h15,17-19,21-24,27H,4-14,16,20,25-26,28-29H2,1-3H3/q+1. The second-order valence-electron chi connectivity index (χ2n) is 11.1. The van der Waals surface area contributed by atoms with Crippen LogP contribution >= 0.6 is 0 Å². The van der Waals surface area contributed by atoms with Crippen molar-refractivity contribution < 1.29 is 18.8 Å². The fourth-order valence-electron chi connectivity index (χ4n) is 4.80. The molecule has 0 aliphatic heterocycles. The number of aryl methyl sites for hydroxylation is 1. The molecule has 0 aromatic heterocycles. The number of rotatable bonds is 21. The van der Waals surface area contributed by atoms with Gasteiger partial charge in [0.05, 0.1) is 14.1 Å². The number of esters is 1. The second kappa shape index (κ2) is 18.8. The van der Waals surface area contributed by atoms with Crippen LogP contribution in [0.4, 0.5) is 0 Å². The van der Waals surface area contributed by atoms with Crippen LogP contribution in [0.15, 0.2) is 54.6 Å². The molecule has 4 nitrogen and oxygen atoms in total. The maximum absolute atomic E-state index is 12.3. The highest BCUT2D eigenvalue weighted by Gasteiger charge is 2.21. The van der Waals surface area contributed by atoms with Crippen molar-refractivity contribution >= 4 is 5.97 Å². The van der Waals surface area contributed by atoms with Gasteiger partial charge in [0.1, 0.15) is 25.5 Å². The summed E-state index contributed by atoms with van der Waals surface area (Å²) in [5, 5.41) is 0. The highest BCUT2D eigenvalue weighted by Crippen LogP contribution is 2.17. The summed E-state index contributed by atoms with van der Waals surface area (Å²) in [7, 11) is 4.10. The predicted molar refractivity (Wildman–Crippen MR) is 155 cm³/mol. The highest BCUT2D eigenvalue weighted by molar-refractivity contribution is 5.70. The van der Waals surface area contributed by atoms with Gasteiger partial charge in [0.2, 0.25) is 0 Å². The zero-order chi connectivity index (χ0) is 26.6. The summed E-state index contributed by atoms with van der Waals surface area (Å²) in [6, 6.07) is 18.6. The summed E-state index contributed by atoms with van der Waals surface area (Å²) >= 11 is 0. The molecule has 0 spiro atoms. The average Bonchev–Trinajstić information content (AvgIpc) is 2.87. The molecule has 0 N–H and O–H groups in total. The number of nitrogens with zero attached hydrogens (tertiary/aromatic N) is 1. The molecule has 0 saturated heterocycles. The summed E-state index contributed by atoms with van der Waals surface area (Å²) < 4.78 is 11.9. The first-order chi connectivity index (χ1) is 18.0. The number of carbonyl (C=O) groups excluding carboxylic acids is 1. The van der Waals surface area contributed by atoms with E-state index in [1.54, 1.807) is 0 Å². The predicted octanol–water partition coefficient (Wildman–Crippen LogP) is 8.13. The molecule has 0 heterocycles. The van der Waals surface area contributed by atoms with Gasteiger partial charge in [0.15, 0.2) is 6.54 Å². The third-order valence-electron chi connectivity index (χ3n) is 6.84. The molecule has 0 fully saturated rings. The molecular formula is C33H52NO3+. The van der Waals surface area contributed by atoms with Gasteiger partial charge in [0, 0.05) is 5.56 Å². The van der Waals surface area contributed by atoms with E-state index in [9.17, 15) is 4.79 Å². The summed E-state index contributed by atoms with van der Waals surface area (Å²) in [5.74, 6) is 0.665.